The van der Waals surface area contributed by atoms with E-state index in [9.17, 15) is 16.8 Å². The fourth-order valence-electron chi connectivity index (χ4n) is 2.06. The van der Waals surface area contributed by atoms with Crippen LogP contribution in [0.25, 0.3) is 0 Å². The highest BCUT2D eigenvalue weighted by Gasteiger charge is 2.29. The molecular formula is C11H15ClN2O5S2. The minimum Gasteiger partial charge on any atom is -0.495 e. The van der Waals surface area contributed by atoms with Crippen LogP contribution in [0, 0.1) is 0 Å². The summed E-state index contributed by atoms with van der Waals surface area (Å²) in [7, 11) is -5.65. The third-order valence-electron chi connectivity index (χ3n) is 2.98. The smallest absolute Gasteiger partial charge is 0.246 e. The molecule has 118 valence electrons. The first-order valence-electron chi connectivity index (χ1n) is 6.04. The van der Waals surface area contributed by atoms with E-state index in [-0.39, 0.29) is 17.2 Å². The summed E-state index contributed by atoms with van der Waals surface area (Å²) < 4.78 is 55.5. The monoisotopic (exact) mass is 354 g/mol. The number of alkyl halides is 1. The highest BCUT2D eigenvalue weighted by molar-refractivity contribution is 7.93. The standard InChI is InChI=1S/C11H15ClN2O5S2/c1-19-11-4-3-9(14-5-2-6-21(14,17)18)7-10(11)13-20(15,16)8-12/h3-4,7,13H,2,5-6,8H2,1H3. The fourth-order valence-corrected chi connectivity index (χ4v) is 4.32. The average Bonchev–Trinajstić information content (AvgIpc) is 2.78. The van der Waals surface area contributed by atoms with E-state index in [0.29, 0.717) is 18.7 Å². The molecule has 21 heavy (non-hydrogen) atoms. The second-order valence-corrected chi connectivity index (χ2v) is 8.77. The van der Waals surface area contributed by atoms with Gasteiger partial charge in [-0.1, -0.05) is 0 Å². The van der Waals surface area contributed by atoms with Crippen LogP contribution in [0.4, 0.5) is 11.4 Å². The topological polar surface area (TPSA) is 92.8 Å². The molecule has 0 bridgehead atoms. The van der Waals surface area contributed by atoms with Crippen molar-refractivity contribution in [3.05, 3.63) is 18.2 Å². The van der Waals surface area contributed by atoms with E-state index in [1.54, 1.807) is 6.07 Å². The highest BCUT2D eigenvalue weighted by atomic mass is 35.5. The Kier molecular flexibility index (Phi) is 4.54. The second kappa shape index (κ2) is 5.90. The number of ether oxygens (including phenoxy) is 1. The lowest BCUT2D eigenvalue weighted by Crippen LogP contribution is -2.25. The molecule has 0 atom stereocenters. The van der Waals surface area contributed by atoms with Crippen LogP contribution in [0.2, 0.25) is 0 Å². The van der Waals surface area contributed by atoms with E-state index in [1.165, 1.54) is 23.5 Å². The molecule has 0 aliphatic carbocycles. The first-order valence-corrected chi connectivity index (χ1v) is 9.83. The SMILES string of the molecule is COc1ccc(N2CCCS2(=O)=O)cc1NS(=O)(=O)CCl. The molecule has 10 heteroatoms. The van der Waals surface area contributed by atoms with E-state index in [1.807, 2.05) is 0 Å². The van der Waals surface area contributed by atoms with Crippen molar-refractivity contribution in [1.29, 1.82) is 0 Å². The Bertz CT molecular complexity index is 733. The van der Waals surface area contributed by atoms with Gasteiger partial charge >= 0.3 is 0 Å². The number of benzene rings is 1. The Morgan fingerprint density at radius 2 is 2.14 bits per heavy atom. The quantitative estimate of drug-likeness (QED) is 0.801. The van der Waals surface area contributed by atoms with Crippen LogP contribution in [-0.2, 0) is 20.0 Å². The van der Waals surface area contributed by atoms with Crippen molar-refractivity contribution >= 4 is 43.0 Å². The van der Waals surface area contributed by atoms with Gasteiger partial charge in [-0.15, -0.1) is 11.6 Å². The minimum absolute atomic E-state index is 0.0851. The van der Waals surface area contributed by atoms with Gasteiger partial charge in [0.05, 0.1) is 24.2 Å². The van der Waals surface area contributed by atoms with E-state index in [0.717, 1.165) is 0 Å². The molecule has 1 saturated heterocycles. The van der Waals surface area contributed by atoms with Gasteiger partial charge in [-0.05, 0) is 24.6 Å². The summed E-state index contributed by atoms with van der Waals surface area (Å²) in [6.07, 6.45) is 0.539. The summed E-state index contributed by atoms with van der Waals surface area (Å²) in [5.41, 5.74) is 0.540. The first-order chi connectivity index (χ1) is 9.79. The molecule has 1 aromatic rings. The van der Waals surface area contributed by atoms with Crippen molar-refractivity contribution in [2.24, 2.45) is 0 Å². The zero-order chi connectivity index (χ0) is 15.7. The lowest BCUT2D eigenvalue weighted by atomic mass is 10.2. The van der Waals surface area contributed by atoms with Crippen molar-refractivity contribution in [3.8, 4) is 5.75 Å². The van der Waals surface area contributed by atoms with E-state index in [2.05, 4.69) is 4.72 Å². The zero-order valence-corrected chi connectivity index (χ0v) is 13.6. The number of sulfonamides is 2. The Morgan fingerprint density at radius 1 is 1.43 bits per heavy atom. The van der Waals surface area contributed by atoms with Crippen molar-refractivity contribution in [2.75, 3.05) is 33.6 Å². The largest absolute Gasteiger partial charge is 0.495 e. The molecule has 1 heterocycles. The molecule has 1 N–H and O–H groups in total. The number of halogens is 1. The van der Waals surface area contributed by atoms with Crippen LogP contribution in [-0.4, -0.2) is 41.5 Å². The predicted octanol–water partition coefficient (Wildman–Crippen LogP) is 1.17. The summed E-state index contributed by atoms with van der Waals surface area (Å²) in [6.45, 7) is 0.371. The van der Waals surface area contributed by atoms with Gasteiger partial charge in [-0.25, -0.2) is 16.8 Å². The lowest BCUT2D eigenvalue weighted by Gasteiger charge is -2.19. The van der Waals surface area contributed by atoms with Gasteiger partial charge in [0, 0.05) is 6.54 Å². The minimum atomic E-state index is -3.71. The van der Waals surface area contributed by atoms with Gasteiger partial charge in [-0.3, -0.25) is 9.03 Å². The number of hydrogen-bond donors (Lipinski definition) is 1. The maximum atomic E-state index is 11.9. The van der Waals surface area contributed by atoms with Crippen molar-refractivity contribution in [2.45, 2.75) is 6.42 Å². The molecular weight excluding hydrogens is 340 g/mol. The van der Waals surface area contributed by atoms with Gasteiger partial charge < -0.3 is 4.74 Å². The first kappa shape index (κ1) is 16.2. The van der Waals surface area contributed by atoms with Crippen LogP contribution in [0.3, 0.4) is 0 Å². The van der Waals surface area contributed by atoms with Crippen LogP contribution >= 0.6 is 11.6 Å². The summed E-state index contributed by atoms with van der Waals surface area (Å²) in [5, 5.41) is -0.609. The molecule has 0 unspecified atom stereocenters. The van der Waals surface area contributed by atoms with Gasteiger partial charge in [-0.2, -0.15) is 0 Å². The maximum Gasteiger partial charge on any atom is 0.246 e. The molecule has 0 radical (unpaired) electrons. The van der Waals surface area contributed by atoms with Gasteiger partial charge in [0.2, 0.25) is 20.0 Å². The van der Waals surface area contributed by atoms with Crippen molar-refractivity contribution < 1.29 is 21.6 Å². The number of nitrogens with zero attached hydrogens (tertiary/aromatic N) is 1. The third-order valence-corrected chi connectivity index (χ3v) is 6.53. The predicted molar refractivity (Wildman–Crippen MR) is 82.0 cm³/mol. The molecule has 2 rings (SSSR count). The van der Waals surface area contributed by atoms with Crippen LogP contribution in [0.15, 0.2) is 18.2 Å². The zero-order valence-electron chi connectivity index (χ0n) is 11.2. The third kappa shape index (κ3) is 3.53. The number of anilines is 2. The van der Waals surface area contributed by atoms with Crippen molar-refractivity contribution in [3.63, 3.8) is 0 Å². The van der Waals surface area contributed by atoms with Crippen LogP contribution in [0.5, 0.6) is 5.75 Å². The fraction of sp³-hybridized carbons (Fsp3) is 0.455. The Balaban J connectivity index is 2.43. The molecule has 1 aliphatic heterocycles. The van der Waals surface area contributed by atoms with Crippen LogP contribution < -0.4 is 13.8 Å². The normalized spacial score (nSPS) is 17.7. The molecule has 7 nitrogen and oxygen atoms in total. The average molecular weight is 355 g/mol. The van der Waals surface area contributed by atoms with Gasteiger partial charge in [0.15, 0.2) is 0 Å². The van der Waals surface area contributed by atoms with E-state index in [4.69, 9.17) is 16.3 Å². The van der Waals surface area contributed by atoms with Crippen LogP contribution in [0.1, 0.15) is 6.42 Å². The summed E-state index contributed by atoms with van der Waals surface area (Å²) in [6, 6.07) is 4.50. The summed E-state index contributed by atoms with van der Waals surface area (Å²) in [5.74, 6) is 0.367. The Morgan fingerprint density at radius 3 is 2.67 bits per heavy atom. The number of hydrogen-bond acceptors (Lipinski definition) is 5. The van der Waals surface area contributed by atoms with E-state index >= 15 is 0 Å². The molecule has 0 saturated carbocycles. The molecule has 0 spiro atoms. The molecule has 1 aromatic carbocycles. The molecule has 0 aromatic heterocycles. The van der Waals surface area contributed by atoms with Crippen molar-refractivity contribution in [1.82, 2.24) is 0 Å². The lowest BCUT2D eigenvalue weighted by molar-refractivity contribution is 0.417. The molecule has 1 fully saturated rings. The maximum absolute atomic E-state index is 11.9. The van der Waals surface area contributed by atoms with Gasteiger partial charge in [0.1, 0.15) is 11.0 Å². The Labute approximate surface area is 128 Å². The van der Waals surface area contributed by atoms with E-state index < -0.39 is 25.3 Å². The summed E-state index contributed by atoms with van der Waals surface area (Å²) >= 11 is 5.35. The summed E-state index contributed by atoms with van der Waals surface area (Å²) in [4.78, 5) is 0. The Hall–Kier alpha value is -1.19. The number of nitrogens with one attached hydrogen (secondary N) is 1. The highest BCUT2D eigenvalue weighted by Crippen LogP contribution is 2.33. The number of rotatable bonds is 5. The number of methoxy groups -OCH3 is 1. The molecule has 0 amide bonds. The second-order valence-electron chi connectivity index (χ2n) is 4.45. The van der Waals surface area contributed by atoms with Gasteiger partial charge in [0.25, 0.3) is 0 Å². The molecule has 1 aliphatic rings.